The van der Waals surface area contributed by atoms with E-state index in [1.807, 2.05) is 24.3 Å². The van der Waals surface area contributed by atoms with Gasteiger partial charge in [-0.1, -0.05) is 54.1 Å². The van der Waals surface area contributed by atoms with E-state index in [0.29, 0.717) is 11.8 Å². The Morgan fingerprint density at radius 1 is 1.00 bits per heavy atom. The Hall–Kier alpha value is -1.31. The van der Waals surface area contributed by atoms with E-state index in [1.165, 1.54) is 17.5 Å². The zero-order valence-electron chi connectivity index (χ0n) is 10.1. The van der Waals surface area contributed by atoms with Crippen LogP contribution in [0.3, 0.4) is 0 Å². The van der Waals surface area contributed by atoms with Gasteiger partial charge in [0.1, 0.15) is 0 Å². The van der Waals surface area contributed by atoms with Gasteiger partial charge in [0.25, 0.3) is 0 Å². The Balaban J connectivity index is 1.73. The highest BCUT2D eigenvalue weighted by molar-refractivity contribution is 6.30. The van der Waals surface area contributed by atoms with E-state index in [1.54, 1.807) is 0 Å². The Bertz CT molecular complexity index is 521. The van der Waals surface area contributed by atoms with E-state index in [4.69, 9.17) is 17.3 Å². The summed E-state index contributed by atoms with van der Waals surface area (Å²) in [6.45, 7) is 0. The SMILES string of the molecule is NC(c1ccc(Cl)cc1)[C@@H]1C[C@@H]1c1ccccc1. The van der Waals surface area contributed by atoms with E-state index >= 15 is 0 Å². The number of hydrogen-bond acceptors (Lipinski definition) is 1. The fraction of sp³-hybridized carbons (Fsp3) is 0.250. The molecule has 0 saturated heterocycles. The van der Waals surface area contributed by atoms with E-state index in [0.717, 1.165) is 5.02 Å². The number of halogens is 1. The molecule has 3 rings (SSSR count). The Morgan fingerprint density at radius 2 is 1.67 bits per heavy atom. The molecule has 1 aliphatic rings. The smallest absolute Gasteiger partial charge is 0.0406 e. The first kappa shape index (κ1) is 11.8. The molecule has 0 aliphatic heterocycles. The molecule has 3 atom stereocenters. The number of benzene rings is 2. The Labute approximate surface area is 113 Å². The predicted molar refractivity (Wildman–Crippen MR) is 75.7 cm³/mol. The van der Waals surface area contributed by atoms with Gasteiger partial charge in [0, 0.05) is 11.1 Å². The fourth-order valence-electron chi connectivity index (χ4n) is 2.63. The quantitative estimate of drug-likeness (QED) is 0.879. The molecule has 92 valence electrons. The van der Waals surface area contributed by atoms with Crippen molar-refractivity contribution in [2.24, 2.45) is 11.7 Å². The molecule has 2 N–H and O–H groups in total. The maximum atomic E-state index is 6.34. The molecule has 1 aliphatic carbocycles. The van der Waals surface area contributed by atoms with E-state index in [2.05, 4.69) is 30.3 Å². The summed E-state index contributed by atoms with van der Waals surface area (Å²) < 4.78 is 0. The largest absolute Gasteiger partial charge is 0.324 e. The van der Waals surface area contributed by atoms with Crippen molar-refractivity contribution < 1.29 is 0 Å². The first-order valence-electron chi connectivity index (χ1n) is 6.31. The van der Waals surface area contributed by atoms with Gasteiger partial charge in [0.15, 0.2) is 0 Å². The third-order valence-corrected chi connectivity index (χ3v) is 4.04. The summed E-state index contributed by atoms with van der Waals surface area (Å²) in [6, 6.07) is 18.6. The highest BCUT2D eigenvalue weighted by atomic mass is 35.5. The second kappa shape index (κ2) is 4.75. The summed E-state index contributed by atoms with van der Waals surface area (Å²) in [6.07, 6.45) is 1.19. The van der Waals surface area contributed by atoms with Gasteiger partial charge in [-0.3, -0.25) is 0 Å². The maximum absolute atomic E-state index is 6.34. The molecule has 0 radical (unpaired) electrons. The van der Waals surface area contributed by atoms with Crippen LogP contribution in [0.25, 0.3) is 0 Å². The summed E-state index contributed by atoms with van der Waals surface area (Å²) in [7, 11) is 0. The molecule has 1 saturated carbocycles. The van der Waals surface area contributed by atoms with Crippen LogP contribution in [0.15, 0.2) is 54.6 Å². The summed E-state index contributed by atoms with van der Waals surface area (Å²) >= 11 is 5.90. The second-order valence-electron chi connectivity index (χ2n) is 4.99. The predicted octanol–water partition coefficient (Wildman–Crippen LogP) is 4.14. The molecule has 0 amide bonds. The number of hydrogen-bond donors (Lipinski definition) is 1. The van der Waals surface area contributed by atoms with Gasteiger partial charge in [-0.2, -0.15) is 0 Å². The van der Waals surface area contributed by atoms with Crippen molar-refractivity contribution >= 4 is 11.6 Å². The van der Waals surface area contributed by atoms with Gasteiger partial charge in [-0.15, -0.1) is 0 Å². The van der Waals surface area contributed by atoms with E-state index in [-0.39, 0.29) is 6.04 Å². The lowest BCUT2D eigenvalue weighted by atomic mass is 10.00. The van der Waals surface area contributed by atoms with Gasteiger partial charge in [0.05, 0.1) is 0 Å². The first-order chi connectivity index (χ1) is 8.75. The van der Waals surface area contributed by atoms with Crippen LogP contribution in [0, 0.1) is 5.92 Å². The van der Waals surface area contributed by atoms with Crippen LogP contribution < -0.4 is 5.73 Å². The average molecular weight is 258 g/mol. The summed E-state index contributed by atoms with van der Waals surface area (Å²) in [4.78, 5) is 0. The van der Waals surface area contributed by atoms with Gasteiger partial charge in [-0.25, -0.2) is 0 Å². The minimum Gasteiger partial charge on any atom is -0.324 e. The van der Waals surface area contributed by atoms with Gasteiger partial charge in [-0.05, 0) is 41.5 Å². The molecule has 0 aromatic heterocycles. The van der Waals surface area contributed by atoms with Crippen molar-refractivity contribution in [1.29, 1.82) is 0 Å². The Morgan fingerprint density at radius 3 is 2.33 bits per heavy atom. The molecular formula is C16H16ClN. The highest BCUT2D eigenvalue weighted by Crippen LogP contribution is 2.53. The molecule has 0 bridgehead atoms. The monoisotopic (exact) mass is 257 g/mol. The molecule has 2 heteroatoms. The molecule has 2 aromatic carbocycles. The molecular weight excluding hydrogens is 242 g/mol. The average Bonchev–Trinajstić information content (AvgIpc) is 3.20. The lowest BCUT2D eigenvalue weighted by Gasteiger charge is -2.12. The van der Waals surface area contributed by atoms with Crippen LogP contribution in [0.4, 0.5) is 0 Å². The van der Waals surface area contributed by atoms with Crippen LogP contribution in [0.2, 0.25) is 5.02 Å². The lowest BCUT2D eigenvalue weighted by molar-refractivity contribution is 0.616. The maximum Gasteiger partial charge on any atom is 0.0406 e. The van der Waals surface area contributed by atoms with Crippen LogP contribution in [-0.2, 0) is 0 Å². The van der Waals surface area contributed by atoms with Crippen molar-refractivity contribution in [1.82, 2.24) is 0 Å². The van der Waals surface area contributed by atoms with Gasteiger partial charge < -0.3 is 5.73 Å². The normalized spacial score (nSPS) is 23.7. The zero-order valence-corrected chi connectivity index (χ0v) is 10.8. The summed E-state index contributed by atoms with van der Waals surface area (Å²) in [5.41, 5.74) is 8.93. The van der Waals surface area contributed by atoms with Crippen molar-refractivity contribution in [2.45, 2.75) is 18.4 Å². The minimum absolute atomic E-state index is 0.118. The second-order valence-corrected chi connectivity index (χ2v) is 5.43. The molecule has 1 fully saturated rings. The minimum atomic E-state index is 0.118. The zero-order chi connectivity index (χ0) is 12.5. The van der Waals surface area contributed by atoms with Gasteiger partial charge in [0.2, 0.25) is 0 Å². The molecule has 0 heterocycles. The van der Waals surface area contributed by atoms with Crippen LogP contribution in [-0.4, -0.2) is 0 Å². The molecule has 0 spiro atoms. The first-order valence-corrected chi connectivity index (χ1v) is 6.69. The van der Waals surface area contributed by atoms with Crippen LogP contribution >= 0.6 is 11.6 Å². The third kappa shape index (κ3) is 2.29. The number of nitrogens with two attached hydrogens (primary N) is 1. The summed E-state index contributed by atoms with van der Waals surface area (Å²) in [5, 5.41) is 0.765. The molecule has 1 nitrogen and oxygen atoms in total. The van der Waals surface area contributed by atoms with Crippen LogP contribution in [0.1, 0.15) is 29.5 Å². The Kier molecular flexibility index (Phi) is 3.11. The third-order valence-electron chi connectivity index (χ3n) is 3.78. The topological polar surface area (TPSA) is 26.0 Å². The molecule has 2 aromatic rings. The van der Waals surface area contributed by atoms with E-state index < -0.39 is 0 Å². The standard InChI is InChI=1S/C16H16ClN/c17-13-8-6-12(7-9-13)16(18)15-10-14(15)11-4-2-1-3-5-11/h1-9,14-16H,10,18H2/t14-,15-,16?/m1/s1. The molecule has 1 unspecified atom stereocenters. The number of rotatable bonds is 3. The van der Waals surface area contributed by atoms with Crippen molar-refractivity contribution in [2.75, 3.05) is 0 Å². The lowest BCUT2D eigenvalue weighted by Crippen LogP contribution is -2.13. The van der Waals surface area contributed by atoms with Crippen LogP contribution in [0.5, 0.6) is 0 Å². The van der Waals surface area contributed by atoms with Gasteiger partial charge >= 0.3 is 0 Å². The van der Waals surface area contributed by atoms with E-state index in [9.17, 15) is 0 Å². The van der Waals surface area contributed by atoms with Crippen molar-refractivity contribution in [3.63, 3.8) is 0 Å². The van der Waals surface area contributed by atoms with Crippen molar-refractivity contribution in [3.05, 3.63) is 70.7 Å². The van der Waals surface area contributed by atoms with Crippen molar-refractivity contribution in [3.8, 4) is 0 Å². The molecule has 18 heavy (non-hydrogen) atoms. The highest BCUT2D eigenvalue weighted by Gasteiger charge is 2.42. The summed E-state index contributed by atoms with van der Waals surface area (Å²) in [5.74, 6) is 1.19. The fourth-order valence-corrected chi connectivity index (χ4v) is 2.75.